The minimum Gasteiger partial charge on any atom is -0.497 e. The summed E-state index contributed by atoms with van der Waals surface area (Å²) in [5, 5.41) is 5.71. The van der Waals surface area contributed by atoms with Gasteiger partial charge in [-0.1, -0.05) is 24.3 Å². The lowest BCUT2D eigenvalue weighted by atomic mass is 10.1. The van der Waals surface area contributed by atoms with Crippen molar-refractivity contribution in [1.82, 2.24) is 19.7 Å². The third-order valence-corrected chi connectivity index (χ3v) is 7.63. The van der Waals surface area contributed by atoms with E-state index < -0.39 is 0 Å². The number of rotatable bonds is 5. The molecule has 5 aromatic rings. The van der Waals surface area contributed by atoms with Gasteiger partial charge in [0.1, 0.15) is 22.3 Å². The van der Waals surface area contributed by atoms with Gasteiger partial charge in [0.05, 0.1) is 34.6 Å². The van der Waals surface area contributed by atoms with E-state index >= 15 is 0 Å². The molecule has 0 saturated carbocycles. The Hall–Kier alpha value is -4.04. The van der Waals surface area contributed by atoms with Crippen molar-refractivity contribution in [3.63, 3.8) is 0 Å². The second-order valence-corrected chi connectivity index (χ2v) is 9.78. The van der Waals surface area contributed by atoms with Gasteiger partial charge in [-0.15, -0.1) is 11.3 Å². The van der Waals surface area contributed by atoms with E-state index in [1.165, 1.54) is 12.1 Å². The van der Waals surface area contributed by atoms with Crippen LogP contribution in [0.15, 0.2) is 79.0 Å². The lowest BCUT2D eigenvalue weighted by Gasteiger charge is -2.23. The summed E-state index contributed by atoms with van der Waals surface area (Å²) in [5.74, 6) is 0.254. The van der Waals surface area contributed by atoms with Crippen LogP contribution in [-0.4, -0.2) is 39.2 Å². The van der Waals surface area contributed by atoms with Crippen LogP contribution in [-0.2, 0) is 0 Å². The van der Waals surface area contributed by atoms with Crippen molar-refractivity contribution in [2.45, 2.75) is 18.9 Å². The zero-order valence-corrected chi connectivity index (χ0v) is 20.4. The van der Waals surface area contributed by atoms with E-state index in [1.54, 1.807) is 41.5 Å². The van der Waals surface area contributed by atoms with Crippen LogP contribution in [0.3, 0.4) is 0 Å². The number of thiazole rings is 1. The molecule has 2 aromatic heterocycles. The maximum absolute atomic E-state index is 14.1. The second-order valence-electron chi connectivity index (χ2n) is 8.72. The monoisotopic (exact) mass is 498 g/mol. The van der Waals surface area contributed by atoms with Crippen molar-refractivity contribution in [3.8, 4) is 22.7 Å². The van der Waals surface area contributed by atoms with Crippen molar-refractivity contribution in [2.75, 3.05) is 13.7 Å². The molecule has 1 aliphatic rings. The average Bonchev–Trinajstić information content (AvgIpc) is 3.66. The highest BCUT2D eigenvalue weighted by molar-refractivity contribution is 7.18. The van der Waals surface area contributed by atoms with E-state index in [0.717, 1.165) is 33.6 Å². The predicted molar refractivity (Wildman–Crippen MR) is 138 cm³/mol. The highest BCUT2D eigenvalue weighted by Gasteiger charge is 2.35. The Morgan fingerprint density at radius 1 is 1.08 bits per heavy atom. The lowest BCUT2D eigenvalue weighted by molar-refractivity contribution is 0.0736. The van der Waals surface area contributed by atoms with Gasteiger partial charge in [0.2, 0.25) is 0 Å². The highest BCUT2D eigenvalue weighted by atomic mass is 32.1. The number of likely N-dealkylation sites (tertiary alicyclic amines) is 1. The van der Waals surface area contributed by atoms with Gasteiger partial charge in [0.15, 0.2) is 0 Å². The van der Waals surface area contributed by atoms with Crippen molar-refractivity contribution in [3.05, 3.63) is 95.4 Å². The number of hydrogen-bond acceptors (Lipinski definition) is 5. The quantitative estimate of drug-likeness (QED) is 0.286. The van der Waals surface area contributed by atoms with Gasteiger partial charge in [-0.3, -0.25) is 4.79 Å². The number of carbonyl (C=O) groups excluding carboxylic acids is 1. The third-order valence-electron chi connectivity index (χ3n) is 6.49. The Labute approximate surface area is 211 Å². The lowest BCUT2D eigenvalue weighted by Crippen LogP contribution is -2.30. The fourth-order valence-electron chi connectivity index (χ4n) is 4.69. The number of ether oxygens (including phenoxy) is 1. The van der Waals surface area contributed by atoms with E-state index in [0.29, 0.717) is 29.2 Å². The Kier molecular flexibility index (Phi) is 5.73. The molecule has 1 aliphatic heterocycles. The zero-order valence-electron chi connectivity index (χ0n) is 19.6. The standard InChI is InChI=1S/C28H23FN4O2S/c1-35-21-7-4-6-18(16-21)26-22(17-33(31-26)20-13-11-19(29)12-14-20)28(34)32-15-5-9-24(32)27-30-23-8-2-3-10-25(23)36-27/h2-4,6-8,10-14,16-17,24H,5,9,15H2,1H3/t24-/m0/s1. The summed E-state index contributed by atoms with van der Waals surface area (Å²) < 4.78 is 21.7. The van der Waals surface area contributed by atoms with E-state index in [4.69, 9.17) is 14.8 Å². The molecule has 1 amide bonds. The number of para-hydroxylation sites is 1. The molecule has 6 nitrogen and oxygen atoms in total. The van der Waals surface area contributed by atoms with Crippen molar-refractivity contribution < 1.29 is 13.9 Å². The molecule has 0 aliphatic carbocycles. The van der Waals surface area contributed by atoms with Gasteiger partial charge in [-0.05, 0) is 61.4 Å². The Morgan fingerprint density at radius 2 is 1.92 bits per heavy atom. The van der Waals surface area contributed by atoms with Crippen LogP contribution in [0.1, 0.15) is 34.2 Å². The molecule has 36 heavy (non-hydrogen) atoms. The summed E-state index contributed by atoms with van der Waals surface area (Å²) in [6.45, 7) is 0.651. The summed E-state index contributed by atoms with van der Waals surface area (Å²) in [5.41, 5.74) is 3.44. The maximum atomic E-state index is 14.1. The summed E-state index contributed by atoms with van der Waals surface area (Å²) in [7, 11) is 1.61. The number of benzene rings is 3. The van der Waals surface area contributed by atoms with Gasteiger partial charge >= 0.3 is 0 Å². The molecule has 8 heteroatoms. The zero-order chi connectivity index (χ0) is 24.6. The maximum Gasteiger partial charge on any atom is 0.258 e. The van der Waals surface area contributed by atoms with Crippen LogP contribution in [0.4, 0.5) is 4.39 Å². The number of hydrogen-bond donors (Lipinski definition) is 0. The summed E-state index contributed by atoms with van der Waals surface area (Å²) in [6, 6.07) is 21.5. The molecule has 3 aromatic carbocycles. The Bertz CT molecular complexity index is 1530. The number of aromatic nitrogens is 3. The molecule has 0 unspecified atom stereocenters. The molecule has 1 atom stereocenters. The second kappa shape index (κ2) is 9.20. The fourth-order valence-corrected chi connectivity index (χ4v) is 5.81. The number of nitrogens with zero attached hydrogens (tertiary/aromatic N) is 4. The third kappa shape index (κ3) is 4.03. The van der Waals surface area contributed by atoms with E-state index in [9.17, 15) is 9.18 Å². The molecular formula is C28H23FN4O2S. The summed E-state index contributed by atoms with van der Waals surface area (Å²) >= 11 is 1.64. The van der Waals surface area contributed by atoms with Crippen LogP contribution in [0, 0.1) is 5.82 Å². The smallest absolute Gasteiger partial charge is 0.258 e. The molecule has 1 fully saturated rings. The first-order chi connectivity index (χ1) is 17.6. The van der Waals surface area contributed by atoms with E-state index in [1.807, 2.05) is 47.4 Å². The number of amides is 1. The minimum atomic E-state index is -0.328. The number of methoxy groups -OCH3 is 1. The largest absolute Gasteiger partial charge is 0.497 e. The van der Waals surface area contributed by atoms with Gasteiger partial charge in [-0.2, -0.15) is 5.10 Å². The van der Waals surface area contributed by atoms with Gasteiger partial charge in [0, 0.05) is 18.3 Å². The summed E-state index contributed by atoms with van der Waals surface area (Å²) in [6.07, 6.45) is 3.51. The first kappa shape index (κ1) is 22.4. The number of halogens is 1. The van der Waals surface area contributed by atoms with Gasteiger partial charge in [-0.25, -0.2) is 14.1 Å². The molecule has 3 heterocycles. The fraction of sp³-hybridized carbons (Fsp3) is 0.179. The Morgan fingerprint density at radius 3 is 2.72 bits per heavy atom. The highest BCUT2D eigenvalue weighted by Crippen LogP contribution is 2.38. The van der Waals surface area contributed by atoms with Crippen molar-refractivity contribution >= 4 is 27.5 Å². The van der Waals surface area contributed by atoms with Crippen LogP contribution in [0.5, 0.6) is 5.75 Å². The molecule has 1 saturated heterocycles. The van der Waals surface area contributed by atoms with E-state index in [-0.39, 0.29) is 17.8 Å². The van der Waals surface area contributed by atoms with Crippen LogP contribution < -0.4 is 4.74 Å². The van der Waals surface area contributed by atoms with Crippen LogP contribution >= 0.6 is 11.3 Å². The first-order valence-electron chi connectivity index (χ1n) is 11.8. The number of carbonyl (C=O) groups is 1. The summed E-state index contributed by atoms with van der Waals surface area (Å²) in [4.78, 5) is 20.8. The van der Waals surface area contributed by atoms with Gasteiger partial charge in [0.25, 0.3) is 5.91 Å². The van der Waals surface area contributed by atoms with Crippen molar-refractivity contribution in [2.24, 2.45) is 0 Å². The van der Waals surface area contributed by atoms with Crippen LogP contribution in [0.25, 0.3) is 27.2 Å². The predicted octanol–water partition coefficient (Wildman–Crippen LogP) is 6.27. The normalized spacial score (nSPS) is 15.5. The molecule has 180 valence electrons. The topological polar surface area (TPSA) is 60.3 Å². The van der Waals surface area contributed by atoms with Crippen molar-refractivity contribution in [1.29, 1.82) is 0 Å². The average molecular weight is 499 g/mol. The Balaban J connectivity index is 1.42. The molecule has 6 rings (SSSR count). The SMILES string of the molecule is COc1cccc(-c2nn(-c3ccc(F)cc3)cc2C(=O)N2CCC[C@H]2c2nc3ccccc3s2)c1. The molecule has 0 N–H and O–H groups in total. The van der Waals surface area contributed by atoms with Gasteiger partial charge < -0.3 is 9.64 Å². The minimum absolute atomic E-state index is 0.0813. The molecular weight excluding hydrogens is 475 g/mol. The van der Waals surface area contributed by atoms with Crippen LogP contribution in [0.2, 0.25) is 0 Å². The molecule has 0 bridgehead atoms. The first-order valence-corrected chi connectivity index (χ1v) is 12.6. The number of fused-ring (bicyclic) bond motifs is 1. The molecule has 0 radical (unpaired) electrons. The molecule has 0 spiro atoms. The van der Waals surface area contributed by atoms with E-state index in [2.05, 4.69) is 6.07 Å².